The highest BCUT2D eigenvalue weighted by atomic mass is 32.1. The fraction of sp³-hybridized carbons (Fsp3) is 0.308. The van der Waals surface area contributed by atoms with Crippen LogP contribution in [-0.4, -0.2) is 38.7 Å². The molecule has 0 unspecified atom stereocenters. The van der Waals surface area contributed by atoms with Crippen molar-refractivity contribution in [1.29, 1.82) is 0 Å². The zero-order valence-corrected chi connectivity index (χ0v) is 20.9. The van der Waals surface area contributed by atoms with Crippen LogP contribution in [0.4, 0.5) is 5.69 Å². The second kappa shape index (κ2) is 10.8. The number of ether oxygens (including phenoxy) is 1. The first-order chi connectivity index (χ1) is 16.9. The van der Waals surface area contributed by atoms with Crippen LogP contribution in [0.15, 0.2) is 59.7 Å². The maximum Gasteiger partial charge on any atom is 0.262 e. The molecule has 2 heterocycles. The van der Waals surface area contributed by atoms with E-state index < -0.39 is 0 Å². The standard InChI is InChI=1S/C26H29N5O3S/c1-17(2)23-27-10-12-30(23)16-18-6-4-7-20(14-18)28-24(32)19-8-9-21-22(15-19)29-26(35)31(25(21)33)11-5-13-34-3/h4,6-10,12,14-15,17H,5,11,13,16H2,1-3H3,(H,28,32)(H,29,35). The van der Waals surface area contributed by atoms with E-state index in [2.05, 4.69) is 33.7 Å². The summed E-state index contributed by atoms with van der Waals surface area (Å²) >= 11 is 5.38. The number of carbonyl (C=O) groups is 1. The van der Waals surface area contributed by atoms with Gasteiger partial charge in [-0.2, -0.15) is 0 Å². The number of aromatic nitrogens is 4. The van der Waals surface area contributed by atoms with Crippen molar-refractivity contribution < 1.29 is 9.53 Å². The normalized spacial score (nSPS) is 11.3. The molecule has 8 nitrogen and oxygen atoms in total. The van der Waals surface area contributed by atoms with Crippen LogP contribution in [0.3, 0.4) is 0 Å². The summed E-state index contributed by atoms with van der Waals surface area (Å²) in [6.45, 7) is 5.90. The average molecular weight is 492 g/mol. The summed E-state index contributed by atoms with van der Waals surface area (Å²) in [5.41, 5.74) is 2.53. The van der Waals surface area contributed by atoms with E-state index in [9.17, 15) is 9.59 Å². The third kappa shape index (κ3) is 5.58. The highest BCUT2D eigenvalue weighted by Crippen LogP contribution is 2.18. The summed E-state index contributed by atoms with van der Waals surface area (Å²) in [5.74, 6) is 1.08. The van der Waals surface area contributed by atoms with Gasteiger partial charge in [0, 0.05) is 56.4 Å². The number of imidazole rings is 1. The van der Waals surface area contributed by atoms with Gasteiger partial charge in [-0.15, -0.1) is 0 Å². The Morgan fingerprint density at radius 1 is 1.23 bits per heavy atom. The monoisotopic (exact) mass is 491 g/mol. The highest BCUT2D eigenvalue weighted by molar-refractivity contribution is 7.71. The number of anilines is 1. The van der Waals surface area contributed by atoms with Gasteiger partial charge in [-0.25, -0.2) is 4.98 Å². The van der Waals surface area contributed by atoms with Crippen LogP contribution in [0.25, 0.3) is 10.9 Å². The summed E-state index contributed by atoms with van der Waals surface area (Å²) in [6.07, 6.45) is 4.45. The molecule has 1 amide bonds. The lowest BCUT2D eigenvalue weighted by Gasteiger charge is -2.12. The molecule has 0 radical (unpaired) electrons. The number of hydrogen-bond donors (Lipinski definition) is 2. The number of methoxy groups -OCH3 is 1. The number of fused-ring (bicyclic) bond motifs is 1. The molecule has 2 aromatic heterocycles. The molecule has 0 saturated carbocycles. The third-order valence-corrected chi connectivity index (χ3v) is 6.10. The van der Waals surface area contributed by atoms with Gasteiger partial charge in [0.05, 0.1) is 10.9 Å². The lowest BCUT2D eigenvalue weighted by Crippen LogP contribution is -2.23. The SMILES string of the molecule is COCCCn1c(=S)[nH]c2cc(C(=O)Nc3cccc(Cn4ccnc4C(C)C)c3)ccc2c1=O. The van der Waals surface area contributed by atoms with Gasteiger partial charge in [0.2, 0.25) is 0 Å². The Hall–Kier alpha value is -3.56. The van der Waals surface area contributed by atoms with E-state index in [0.29, 0.717) is 59.0 Å². The van der Waals surface area contributed by atoms with Crippen molar-refractivity contribution in [3.63, 3.8) is 0 Å². The number of rotatable bonds is 9. The first-order valence-electron chi connectivity index (χ1n) is 11.5. The quantitative estimate of drug-likeness (QED) is 0.261. The van der Waals surface area contributed by atoms with Crippen LogP contribution in [0.1, 0.15) is 47.9 Å². The largest absolute Gasteiger partial charge is 0.385 e. The van der Waals surface area contributed by atoms with Crippen LogP contribution >= 0.6 is 12.2 Å². The number of nitrogens with zero attached hydrogens (tertiary/aromatic N) is 3. The molecule has 2 N–H and O–H groups in total. The van der Waals surface area contributed by atoms with Crippen LogP contribution in [0.5, 0.6) is 0 Å². The lowest BCUT2D eigenvalue weighted by molar-refractivity contribution is 0.102. The number of carbonyl (C=O) groups excluding carboxylic acids is 1. The summed E-state index contributed by atoms with van der Waals surface area (Å²) in [4.78, 5) is 33.4. The first kappa shape index (κ1) is 24.6. The second-order valence-corrected chi connectivity index (χ2v) is 9.10. The number of H-pyrrole nitrogens is 1. The van der Waals surface area contributed by atoms with Crippen molar-refractivity contribution in [3.8, 4) is 0 Å². The van der Waals surface area contributed by atoms with E-state index in [1.54, 1.807) is 31.5 Å². The number of benzene rings is 2. The van der Waals surface area contributed by atoms with E-state index >= 15 is 0 Å². The van der Waals surface area contributed by atoms with Gasteiger partial charge in [-0.3, -0.25) is 14.2 Å². The van der Waals surface area contributed by atoms with E-state index in [-0.39, 0.29) is 11.5 Å². The summed E-state index contributed by atoms with van der Waals surface area (Å²) < 4.78 is 9.02. The predicted molar refractivity (Wildman–Crippen MR) is 140 cm³/mol. The maximum atomic E-state index is 13.0. The van der Waals surface area contributed by atoms with E-state index in [1.165, 1.54) is 4.57 Å². The van der Waals surface area contributed by atoms with E-state index in [4.69, 9.17) is 17.0 Å². The van der Waals surface area contributed by atoms with Gasteiger partial charge in [0.25, 0.3) is 11.5 Å². The number of nitrogens with one attached hydrogen (secondary N) is 2. The Bertz CT molecular complexity index is 1470. The van der Waals surface area contributed by atoms with Crippen molar-refractivity contribution in [2.45, 2.75) is 39.3 Å². The Kier molecular flexibility index (Phi) is 7.57. The molecule has 0 aliphatic rings. The number of hydrogen-bond acceptors (Lipinski definition) is 5. The third-order valence-electron chi connectivity index (χ3n) is 5.78. The minimum Gasteiger partial charge on any atom is -0.385 e. The molecular formula is C26H29N5O3S. The van der Waals surface area contributed by atoms with Gasteiger partial charge in [0.15, 0.2) is 4.77 Å². The van der Waals surface area contributed by atoms with Gasteiger partial charge in [-0.1, -0.05) is 26.0 Å². The van der Waals surface area contributed by atoms with Crippen LogP contribution < -0.4 is 10.9 Å². The molecule has 0 fully saturated rings. The second-order valence-electron chi connectivity index (χ2n) is 8.72. The average Bonchev–Trinajstić information content (AvgIpc) is 3.29. The van der Waals surface area contributed by atoms with Gasteiger partial charge < -0.3 is 19.6 Å². The molecule has 182 valence electrons. The van der Waals surface area contributed by atoms with E-state index in [0.717, 1.165) is 11.4 Å². The number of aromatic amines is 1. The fourth-order valence-corrected chi connectivity index (χ4v) is 4.35. The molecule has 35 heavy (non-hydrogen) atoms. The zero-order valence-electron chi connectivity index (χ0n) is 20.1. The molecule has 0 atom stereocenters. The molecule has 9 heteroatoms. The molecule has 0 bridgehead atoms. The Labute approximate surface area is 208 Å². The van der Waals surface area contributed by atoms with Crippen LogP contribution in [0, 0.1) is 4.77 Å². The topological polar surface area (TPSA) is 93.9 Å². The molecule has 0 spiro atoms. The van der Waals surface area contributed by atoms with Crippen molar-refractivity contribution in [1.82, 2.24) is 19.1 Å². The van der Waals surface area contributed by atoms with Gasteiger partial charge >= 0.3 is 0 Å². The Balaban J connectivity index is 1.53. The molecule has 0 saturated heterocycles. The minimum absolute atomic E-state index is 0.181. The summed E-state index contributed by atoms with van der Waals surface area (Å²) in [7, 11) is 1.62. The first-order valence-corrected chi connectivity index (χ1v) is 12.0. The molecular weight excluding hydrogens is 462 g/mol. The van der Waals surface area contributed by atoms with Crippen molar-refractivity contribution in [2.75, 3.05) is 19.0 Å². The summed E-state index contributed by atoms with van der Waals surface area (Å²) in [6, 6.07) is 12.7. The van der Waals surface area contributed by atoms with Crippen molar-refractivity contribution in [3.05, 3.63) is 86.9 Å². The molecule has 0 aliphatic carbocycles. The minimum atomic E-state index is -0.266. The van der Waals surface area contributed by atoms with Crippen LogP contribution in [0.2, 0.25) is 0 Å². The molecule has 2 aromatic carbocycles. The lowest BCUT2D eigenvalue weighted by atomic mass is 10.1. The van der Waals surface area contributed by atoms with Gasteiger partial charge in [-0.05, 0) is 54.5 Å². The summed E-state index contributed by atoms with van der Waals surface area (Å²) in [5, 5.41) is 3.44. The van der Waals surface area contributed by atoms with Crippen molar-refractivity contribution in [2.24, 2.45) is 0 Å². The molecule has 0 aliphatic heterocycles. The highest BCUT2D eigenvalue weighted by Gasteiger charge is 2.12. The number of amides is 1. The maximum absolute atomic E-state index is 13.0. The smallest absolute Gasteiger partial charge is 0.262 e. The zero-order chi connectivity index (χ0) is 24.9. The predicted octanol–water partition coefficient (Wildman–Crippen LogP) is 4.72. The molecule has 4 rings (SSSR count). The van der Waals surface area contributed by atoms with Gasteiger partial charge in [0.1, 0.15) is 5.82 Å². The van der Waals surface area contributed by atoms with E-state index in [1.807, 2.05) is 30.5 Å². The Morgan fingerprint density at radius 3 is 2.83 bits per heavy atom. The fourth-order valence-electron chi connectivity index (χ4n) is 4.07. The van der Waals surface area contributed by atoms with Crippen LogP contribution in [-0.2, 0) is 17.8 Å². The molecule has 4 aromatic rings. The Morgan fingerprint density at radius 2 is 2.06 bits per heavy atom. The van der Waals surface area contributed by atoms with Crippen molar-refractivity contribution >= 4 is 34.7 Å².